The molecule has 4 N–H and O–H groups in total. The van der Waals surface area contributed by atoms with Gasteiger partial charge < -0.3 is 21.3 Å². The lowest BCUT2D eigenvalue weighted by Gasteiger charge is -2.28. The average molecular weight is 382 g/mol. The first-order valence-corrected chi connectivity index (χ1v) is 8.02. The number of fused-ring (bicyclic) bond motifs is 1. The van der Waals surface area contributed by atoms with Gasteiger partial charge in [0.2, 0.25) is 11.8 Å². The molecule has 0 aromatic heterocycles. The van der Waals surface area contributed by atoms with Crippen LogP contribution < -0.4 is 21.3 Å². The lowest BCUT2D eigenvalue weighted by Crippen LogP contribution is -2.63. The van der Waals surface area contributed by atoms with E-state index in [1.54, 1.807) is 12.1 Å². The fraction of sp³-hybridized carbons (Fsp3) is 0.412. The maximum atomic E-state index is 14.2. The van der Waals surface area contributed by atoms with Gasteiger partial charge in [-0.2, -0.15) is 8.78 Å². The van der Waals surface area contributed by atoms with Crippen LogP contribution in [0.1, 0.15) is 27.7 Å². The molecule has 146 valence electrons. The van der Waals surface area contributed by atoms with E-state index in [1.165, 1.54) is 39.8 Å². The molecule has 1 aliphatic rings. The summed E-state index contributed by atoms with van der Waals surface area (Å²) in [5.41, 5.74) is -3.12. The molecule has 1 heterocycles. The van der Waals surface area contributed by atoms with E-state index in [0.717, 1.165) is 0 Å². The Kier molecular flexibility index (Phi) is 4.96. The second-order valence-electron chi connectivity index (χ2n) is 7.19. The third-order valence-electron chi connectivity index (χ3n) is 3.98. The van der Waals surface area contributed by atoms with Gasteiger partial charge in [0.25, 0.3) is 0 Å². The lowest BCUT2D eigenvalue weighted by molar-refractivity contribution is -0.163. The second kappa shape index (κ2) is 6.60. The standard InChI is InChI=1S/C17H20F2N4O4/c1-15(2)11(24)20-9-7-5-6-8-10(9)21-12(25)16(3,4)23-14(27)17(18,19)13(26)22-15/h5-8H,1-4H3,(H,20,24)(H,21,25)(H,22,26)(H,23,27). The van der Waals surface area contributed by atoms with Gasteiger partial charge in [-0.1, -0.05) is 12.1 Å². The fourth-order valence-electron chi connectivity index (χ4n) is 2.20. The number of carbonyl (C=O) groups excluding carboxylic acids is 4. The van der Waals surface area contributed by atoms with Crippen molar-refractivity contribution in [2.24, 2.45) is 0 Å². The first-order valence-electron chi connectivity index (χ1n) is 8.02. The quantitative estimate of drug-likeness (QED) is 0.501. The van der Waals surface area contributed by atoms with Crippen molar-refractivity contribution in [1.82, 2.24) is 10.6 Å². The predicted molar refractivity (Wildman–Crippen MR) is 93.1 cm³/mol. The Hall–Kier alpha value is -3.04. The minimum atomic E-state index is -4.49. The zero-order valence-corrected chi connectivity index (χ0v) is 15.2. The van der Waals surface area contributed by atoms with E-state index < -0.39 is 40.6 Å². The normalized spacial score (nSPS) is 21.9. The van der Waals surface area contributed by atoms with E-state index in [2.05, 4.69) is 10.6 Å². The lowest BCUT2D eigenvalue weighted by atomic mass is 10.0. The van der Waals surface area contributed by atoms with Crippen LogP contribution in [0.5, 0.6) is 0 Å². The SMILES string of the molecule is CC1(C)NC(=O)C(F)(F)C(=O)NC(C)(C)C(=O)Nc2ccccc2NC1=O. The molecular formula is C17H20F2N4O4. The molecule has 0 radical (unpaired) electrons. The van der Waals surface area contributed by atoms with Crippen molar-refractivity contribution < 1.29 is 28.0 Å². The van der Waals surface area contributed by atoms with Crippen LogP contribution >= 0.6 is 0 Å². The molecule has 1 aromatic carbocycles. The second-order valence-corrected chi connectivity index (χ2v) is 7.19. The molecule has 4 amide bonds. The molecule has 0 atom stereocenters. The maximum absolute atomic E-state index is 14.2. The van der Waals surface area contributed by atoms with Crippen molar-refractivity contribution in [3.05, 3.63) is 24.3 Å². The molecule has 0 spiro atoms. The van der Waals surface area contributed by atoms with Gasteiger partial charge in [0.1, 0.15) is 11.1 Å². The van der Waals surface area contributed by atoms with Crippen LogP contribution in [-0.4, -0.2) is 40.6 Å². The van der Waals surface area contributed by atoms with E-state index in [9.17, 15) is 28.0 Å². The van der Waals surface area contributed by atoms with Crippen LogP contribution in [0.15, 0.2) is 24.3 Å². The summed E-state index contributed by atoms with van der Waals surface area (Å²) in [5, 5.41) is 8.69. The molecule has 0 fully saturated rings. The average Bonchev–Trinajstić information content (AvgIpc) is 2.54. The molecule has 0 unspecified atom stereocenters. The number of para-hydroxylation sites is 2. The van der Waals surface area contributed by atoms with Gasteiger partial charge in [0, 0.05) is 0 Å². The maximum Gasteiger partial charge on any atom is 0.400 e. The first-order chi connectivity index (χ1) is 12.3. The fourth-order valence-corrected chi connectivity index (χ4v) is 2.20. The van der Waals surface area contributed by atoms with Crippen molar-refractivity contribution in [2.75, 3.05) is 10.6 Å². The van der Waals surface area contributed by atoms with Gasteiger partial charge in [-0.15, -0.1) is 0 Å². The number of anilines is 2. The summed E-state index contributed by atoms with van der Waals surface area (Å²) in [4.78, 5) is 48.8. The smallest absolute Gasteiger partial charge is 0.336 e. The predicted octanol–water partition coefficient (Wildman–Crippen LogP) is 1.00. The summed E-state index contributed by atoms with van der Waals surface area (Å²) in [6.45, 7) is 4.83. The summed E-state index contributed by atoms with van der Waals surface area (Å²) < 4.78 is 28.4. The van der Waals surface area contributed by atoms with Crippen LogP contribution in [0, 0.1) is 0 Å². The molecule has 0 bridgehead atoms. The van der Waals surface area contributed by atoms with E-state index in [1.807, 2.05) is 10.6 Å². The minimum absolute atomic E-state index is 0.200. The van der Waals surface area contributed by atoms with Crippen LogP contribution in [0.25, 0.3) is 0 Å². The number of halogens is 2. The van der Waals surface area contributed by atoms with Gasteiger partial charge >= 0.3 is 17.7 Å². The highest BCUT2D eigenvalue weighted by atomic mass is 19.3. The third kappa shape index (κ3) is 4.04. The van der Waals surface area contributed by atoms with Crippen molar-refractivity contribution in [3.63, 3.8) is 0 Å². The Balaban J connectivity index is 2.55. The summed E-state index contributed by atoms with van der Waals surface area (Å²) in [7, 11) is 0. The molecule has 2 rings (SSSR count). The van der Waals surface area contributed by atoms with Gasteiger partial charge in [-0.3, -0.25) is 19.2 Å². The molecule has 1 aromatic rings. The molecule has 10 heteroatoms. The number of benzene rings is 1. The summed E-state index contributed by atoms with van der Waals surface area (Å²) in [6, 6.07) is 6.17. The first kappa shape index (κ1) is 20.3. The van der Waals surface area contributed by atoms with Crippen molar-refractivity contribution in [2.45, 2.75) is 44.7 Å². The zero-order chi connectivity index (χ0) is 20.6. The Morgan fingerprint density at radius 2 is 1.00 bits per heavy atom. The number of hydrogen-bond acceptors (Lipinski definition) is 4. The summed E-state index contributed by atoms with van der Waals surface area (Å²) in [5.74, 6) is -10.0. The highest BCUT2D eigenvalue weighted by Gasteiger charge is 2.52. The minimum Gasteiger partial charge on any atom is -0.336 e. The van der Waals surface area contributed by atoms with E-state index >= 15 is 0 Å². The van der Waals surface area contributed by atoms with Gasteiger partial charge in [-0.05, 0) is 39.8 Å². The van der Waals surface area contributed by atoms with Crippen LogP contribution in [0.3, 0.4) is 0 Å². The van der Waals surface area contributed by atoms with Gasteiger partial charge in [0.05, 0.1) is 11.4 Å². The number of hydrogen-bond donors (Lipinski definition) is 4. The monoisotopic (exact) mass is 382 g/mol. The van der Waals surface area contributed by atoms with Crippen molar-refractivity contribution >= 4 is 35.0 Å². The Morgan fingerprint density at radius 1 is 0.667 bits per heavy atom. The Morgan fingerprint density at radius 3 is 1.33 bits per heavy atom. The van der Waals surface area contributed by atoms with Gasteiger partial charge in [-0.25, -0.2) is 0 Å². The Labute approximate surface area is 154 Å². The highest BCUT2D eigenvalue weighted by molar-refractivity contribution is 6.12. The Bertz CT molecular complexity index is 756. The molecule has 1 aliphatic heterocycles. The van der Waals surface area contributed by atoms with Crippen molar-refractivity contribution in [3.8, 4) is 0 Å². The molecule has 0 saturated carbocycles. The highest BCUT2D eigenvalue weighted by Crippen LogP contribution is 2.25. The van der Waals surface area contributed by atoms with E-state index in [0.29, 0.717) is 0 Å². The number of rotatable bonds is 0. The topological polar surface area (TPSA) is 116 Å². The molecule has 27 heavy (non-hydrogen) atoms. The molecule has 0 aliphatic carbocycles. The zero-order valence-electron chi connectivity index (χ0n) is 15.2. The van der Waals surface area contributed by atoms with Crippen LogP contribution in [0.4, 0.5) is 20.2 Å². The summed E-state index contributed by atoms with van der Waals surface area (Å²) in [6.07, 6.45) is 0. The summed E-state index contributed by atoms with van der Waals surface area (Å²) >= 11 is 0. The van der Waals surface area contributed by atoms with Gasteiger partial charge in [0.15, 0.2) is 0 Å². The van der Waals surface area contributed by atoms with Crippen LogP contribution in [-0.2, 0) is 19.2 Å². The molecule has 8 nitrogen and oxygen atoms in total. The van der Waals surface area contributed by atoms with Crippen molar-refractivity contribution in [1.29, 1.82) is 0 Å². The number of alkyl halides is 2. The third-order valence-corrected chi connectivity index (χ3v) is 3.98. The molecule has 0 saturated heterocycles. The van der Waals surface area contributed by atoms with Crippen LogP contribution in [0.2, 0.25) is 0 Å². The largest absolute Gasteiger partial charge is 0.400 e. The molecular weight excluding hydrogens is 362 g/mol. The van der Waals surface area contributed by atoms with E-state index in [-0.39, 0.29) is 11.4 Å². The number of carbonyl (C=O) groups is 4. The number of amides is 4. The number of nitrogens with one attached hydrogen (secondary N) is 4. The van der Waals surface area contributed by atoms with E-state index in [4.69, 9.17) is 0 Å².